The second kappa shape index (κ2) is 13.3. The molecule has 2 aromatic rings. The molecule has 32 heavy (non-hydrogen) atoms. The summed E-state index contributed by atoms with van der Waals surface area (Å²) < 4.78 is 10.6. The minimum absolute atomic E-state index is 0. The third-order valence-electron chi connectivity index (χ3n) is 5.32. The average molecular weight is 555 g/mol. The summed E-state index contributed by atoms with van der Waals surface area (Å²) in [4.78, 5) is 22.5. The van der Waals surface area contributed by atoms with E-state index in [0.29, 0.717) is 26.2 Å². The van der Waals surface area contributed by atoms with E-state index in [-0.39, 0.29) is 30.1 Å². The van der Waals surface area contributed by atoms with E-state index in [1.807, 2.05) is 19.1 Å². The Morgan fingerprint density at radius 3 is 2.41 bits per heavy atom. The molecule has 0 atom stereocenters. The van der Waals surface area contributed by atoms with Crippen LogP contribution in [0.5, 0.6) is 0 Å². The number of ether oxygens (including phenoxy) is 1. The molecule has 0 saturated carbocycles. The SMILES string of the molecule is CCOC(=O)N1CCN(C(=NC)NCc2ccccc2CN(C)Cc2ccco2)CC1.I. The monoisotopic (exact) mass is 555 g/mol. The van der Waals surface area contributed by atoms with Crippen LogP contribution in [0.15, 0.2) is 52.1 Å². The summed E-state index contributed by atoms with van der Waals surface area (Å²) in [5.74, 6) is 1.81. The number of carbonyl (C=O) groups excluding carboxylic acids is 1. The van der Waals surface area contributed by atoms with Crippen molar-refractivity contribution in [3.63, 3.8) is 0 Å². The van der Waals surface area contributed by atoms with E-state index < -0.39 is 0 Å². The van der Waals surface area contributed by atoms with Gasteiger partial charge in [-0.25, -0.2) is 4.79 Å². The fourth-order valence-corrected chi connectivity index (χ4v) is 3.72. The maximum Gasteiger partial charge on any atom is 0.409 e. The summed E-state index contributed by atoms with van der Waals surface area (Å²) in [7, 11) is 3.89. The Bertz CT molecular complexity index is 851. The van der Waals surface area contributed by atoms with Gasteiger partial charge in [-0.05, 0) is 37.2 Å². The number of guanidine groups is 1. The number of hydrogen-bond donors (Lipinski definition) is 1. The number of nitrogens with one attached hydrogen (secondary N) is 1. The molecule has 1 fully saturated rings. The quantitative estimate of drug-likeness (QED) is 0.321. The molecule has 0 aliphatic carbocycles. The lowest BCUT2D eigenvalue weighted by Gasteiger charge is -2.36. The second-order valence-electron chi connectivity index (χ2n) is 7.59. The van der Waals surface area contributed by atoms with Gasteiger partial charge >= 0.3 is 6.09 Å². The molecule has 1 aromatic carbocycles. The van der Waals surface area contributed by atoms with E-state index in [4.69, 9.17) is 9.15 Å². The van der Waals surface area contributed by atoms with Gasteiger partial charge in [-0.3, -0.25) is 9.89 Å². The summed E-state index contributed by atoms with van der Waals surface area (Å²) in [6.07, 6.45) is 1.47. The van der Waals surface area contributed by atoms with E-state index in [2.05, 4.69) is 51.4 Å². The average Bonchev–Trinajstić information content (AvgIpc) is 3.28. The van der Waals surface area contributed by atoms with Crippen LogP contribution in [0, 0.1) is 0 Å². The number of hydrogen-bond acceptors (Lipinski definition) is 5. The van der Waals surface area contributed by atoms with Crippen LogP contribution >= 0.6 is 24.0 Å². The van der Waals surface area contributed by atoms with E-state index in [0.717, 1.165) is 37.9 Å². The topological polar surface area (TPSA) is 73.6 Å². The zero-order valence-electron chi connectivity index (χ0n) is 19.1. The Labute approximate surface area is 207 Å². The van der Waals surface area contributed by atoms with Gasteiger partial charge in [-0.15, -0.1) is 24.0 Å². The second-order valence-corrected chi connectivity index (χ2v) is 7.59. The summed E-state index contributed by atoms with van der Waals surface area (Å²) in [5, 5.41) is 3.49. The largest absolute Gasteiger partial charge is 0.468 e. The molecule has 1 aliphatic rings. The van der Waals surface area contributed by atoms with Gasteiger partial charge in [0.15, 0.2) is 5.96 Å². The number of halogens is 1. The minimum Gasteiger partial charge on any atom is -0.468 e. The zero-order valence-corrected chi connectivity index (χ0v) is 21.5. The van der Waals surface area contributed by atoms with Crippen molar-refractivity contribution < 1.29 is 13.9 Å². The lowest BCUT2D eigenvalue weighted by atomic mass is 10.1. The maximum absolute atomic E-state index is 11.9. The van der Waals surface area contributed by atoms with E-state index >= 15 is 0 Å². The van der Waals surface area contributed by atoms with Crippen LogP contribution in [0.4, 0.5) is 4.79 Å². The van der Waals surface area contributed by atoms with Crippen molar-refractivity contribution in [2.75, 3.05) is 46.9 Å². The van der Waals surface area contributed by atoms with Crippen LogP contribution in [0.1, 0.15) is 23.8 Å². The van der Waals surface area contributed by atoms with Gasteiger partial charge in [-0.2, -0.15) is 0 Å². The number of piperazine rings is 1. The van der Waals surface area contributed by atoms with Crippen LogP contribution < -0.4 is 5.32 Å². The first-order valence-corrected chi connectivity index (χ1v) is 10.8. The molecule has 1 aliphatic heterocycles. The molecule has 0 unspecified atom stereocenters. The van der Waals surface area contributed by atoms with Crippen molar-refractivity contribution in [1.29, 1.82) is 0 Å². The van der Waals surface area contributed by atoms with Crippen molar-refractivity contribution >= 4 is 36.0 Å². The van der Waals surface area contributed by atoms with E-state index in [1.165, 1.54) is 11.1 Å². The number of carbonyl (C=O) groups is 1. The maximum atomic E-state index is 11.9. The highest BCUT2D eigenvalue weighted by Crippen LogP contribution is 2.14. The van der Waals surface area contributed by atoms with Crippen LogP contribution in [0.3, 0.4) is 0 Å². The zero-order chi connectivity index (χ0) is 22.1. The summed E-state index contributed by atoms with van der Waals surface area (Å²) in [6, 6.07) is 12.4. The highest BCUT2D eigenvalue weighted by Gasteiger charge is 2.23. The van der Waals surface area contributed by atoms with Gasteiger partial charge in [0.2, 0.25) is 0 Å². The van der Waals surface area contributed by atoms with E-state index in [9.17, 15) is 4.79 Å². The molecule has 0 bridgehead atoms. The molecule has 8 nitrogen and oxygen atoms in total. The predicted octanol–water partition coefficient (Wildman–Crippen LogP) is 3.38. The molecule has 1 N–H and O–H groups in total. The van der Waals surface area contributed by atoms with Gasteiger partial charge in [0, 0.05) is 46.3 Å². The smallest absolute Gasteiger partial charge is 0.409 e. The fraction of sp³-hybridized carbons (Fsp3) is 0.478. The predicted molar refractivity (Wildman–Crippen MR) is 136 cm³/mol. The van der Waals surface area contributed by atoms with Gasteiger partial charge in [-0.1, -0.05) is 24.3 Å². The van der Waals surface area contributed by atoms with Crippen molar-refractivity contribution in [3.8, 4) is 0 Å². The van der Waals surface area contributed by atoms with Crippen molar-refractivity contribution in [2.45, 2.75) is 26.6 Å². The molecule has 9 heteroatoms. The van der Waals surface area contributed by atoms with Crippen LogP contribution in [0.2, 0.25) is 0 Å². The van der Waals surface area contributed by atoms with Gasteiger partial charge in [0.05, 0.1) is 19.4 Å². The highest BCUT2D eigenvalue weighted by molar-refractivity contribution is 14.0. The molecular weight excluding hydrogens is 521 g/mol. The summed E-state index contributed by atoms with van der Waals surface area (Å²) >= 11 is 0. The normalized spacial score (nSPS) is 14.3. The lowest BCUT2D eigenvalue weighted by molar-refractivity contribution is 0.0914. The first kappa shape index (κ1) is 26.0. The van der Waals surface area contributed by atoms with Gasteiger partial charge in [0.25, 0.3) is 0 Å². The Balaban J connectivity index is 0.00000363. The van der Waals surface area contributed by atoms with E-state index in [1.54, 1.807) is 18.2 Å². The first-order chi connectivity index (χ1) is 15.1. The Morgan fingerprint density at radius 2 is 1.78 bits per heavy atom. The molecule has 1 amide bonds. The molecule has 0 radical (unpaired) electrons. The Kier molecular flexibility index (Phi) is 10.8. The third-order valence-corrected chi connectivity index (χ3v) is 5.32. The molecular formula is C23H34IN5O3. The molecule has 2 heterocycles. The molecule has 0 spiro atoms. The number of benzene rings is 1. The number of rotatable bonds is 7. The van der Waals surface area contributed by atoms with Crippen molar-refractivity contribution in [3.05, 3.63) is 59.5 Å². The van der Waals surface area contributed by atoms with Crippen molar-refractivity contribution in [2.24, 2.45) is 4.99 Å². The molecule has 1 saturated heterocycles. The summed E-state index contributed by atoms with van der Waals surface area (Å²) in [5.41, 5.74) is 2.51. The van der Waals surface area contributed by atoms with Crippen LogP contribution in [-0.4, -0.2) is 73.6 Å². The number of aliphatic imine (C=N–C) groups is 1. The molecule has 1 aromatic heterocycles. The number of furan rings is 1. The molecule has 176 valence electrons. The fourth-order valence-electron chi connectivity index (χ4n) is 3.72. The van der Waals surface area contributed by atoms with Gasteiger partial charge < -0.3 is 24.3 Å². The minimum atomic E-state index is -0.238. The van der Waals surface area contributed by atoms with Crippen LogP contribution in [-0.2, 0) is 24.4 Å². The highest BCUT2D eigenvalue weighted by atomic mass is 127. The van der Waals surface area contributed by atoms with Crippen molar-refractivity contribution in [1.82, 2.24) is 20.0 Å². The molecule has 3 rings (SSSR count). The first-order valence-electron chi connectivity index (χ1n) is 10.8. The standard InChI is InChI=1S/C23H33N5O3.HI/c1-4-30-23(29)28-13-11-27(12-14-28)22(24-2)25-16-19-8-5-6-9-20(19)17-26(3)18-21-10-7-15-31-21;/h5-10,15H,4,11-14,16-18H2,1-3H3,(H,24,25);1H. The Hall–Kier alpha value is -2.27. The lowest BCUT2D eigenvalue weighted by Crippen LogP contribution is -2.53. The summed E-state index contributed by atoms with van der Waals surface area (Å²) in [6.45, 7) is 7.23. The van der Waals surface area contributed by atoms with Crippen LogP contribution in [0.25, 0.3) is 0 Å². The Morgan fingerprint density at radius 1 is 1.09 bits per heavy atom. The number of amides is 1. The number of nitrogens with zero attached hydrogens (tertiary/aromatic N) is 4. The third kappa shape index (κ3) is 7.40. The van der Waals surface area contributed by atoms with Gasteiger partial charge in [0.1, 0.15) is 5.76 Å².